The average Bonchev–Trinajstić information content (AvgIpc) is 3.04. The summed E-state index contributed by atoms with van der Waals surface area (Å²) in [6.07, 6.45) is 1.79. The van der Waals surface area contributed by atoms with Crippen LogP contribution in [-0.2, 0) is 9.84 Å². The first-order chi connectivity index (χ1) is 11.2. The zero-order valence-electron chi connectivity index (χ0n) is 12.7. The Hall–Kier alpha value is -1.64. The Balaban J connectivity index is 1.85. The van der Waals surface area contributed by atoms with Crippen molar-refractivity contribution in [2.24, 2.45) is 0 Å². The molecule has 3 heterocycles. The number of carbonyl (C=O) groups excluding carboxylic acids is 1. The van der Waals surface area contributed by atoms with Crippen LogP contribution in [0.15, 0.2) is 18.3 Å². The molecule has 1 atom stereocenters. The lowest BCUT2D eigenvalue weighted by molar-refractivity contribution is 0.102. The van der Waals surface area contributed by atoms with Crippen LogP contribution in [0.3, 0.4) is 0 Å². The molecule has 1 aliphatic rings. The molecule has 1 fully saturated rings. The highest BCUT2D eigenvalue weighted by Gasteiger charge is 2.31. The summed E-state index contributed by atoms with van der Waals surface area (Å²) in [4.78, 5) is 16.2. The van der Waals surface area contributed by atoms with Gasteiger partial charge in [0.25, 0.3) is 5.91 Å². The van der Waals surface area contributed by atoms with E-state index in [-0.39, 0.29) is 33.3 Å². The van der Waals surface area contributed by atoms with Crippen molar-refractivity contribution in [1.82, 2.24) is 14.8 Å². The Morgan fingerprint density at radius 1 is 1.38 bits per heavy atom. The van der Waals surface area contributed by atoms with Crippen LogP contribution in [0.2, 0.25) is 10.2 Å². The molecule has 10 heteroatoms. The number of rotatable bonds is 3. The van der Waals surface area contributed by atoms with Gasteiger partial charge in [0.05, 0.1) is 33.8 Å². The minimum absolute atomic E-state index is 0.0192. The molecule has 0 radical (unpaired) electrons. The normalized spacial score (nSPS) is 19.4. The van der Waals surface area contributed by atoms with Crippen molar-refractivity contribution in [2.45, 2.75) is 19.4 Å². The number of aryl methyl sites for hydroxylation is 1. The summed E-state index contributed by atoms with van der Waals surface area (Å²) in [6.45, 7) is 1.77. The van der Waals surface area contributed by atoms with Crippen molar-refractivity contribution in [3.8, 4) is 0 Å². The zero-order chi connectivity index (χ0) is 17.5. The van der Waals surface area contributed by atoms with Crippen molar-refractivity contribution in [2.75, 3.05) is 16.8 Å². The Bertz CT molecular complexity index is 911. The first-order valence-electron chi connectivity index (χ1n) is 7.14. The van der Waals surface area contributed by atoms with Gasteiger partial charge in [-0.3, -0.25) is 4.79 Å². The number of sulfone groups is 1. The zero-order valence-corrected chi connectivity index (χ0v) is 15.0. The number of hydrogen-bond donors (Lipinski definition) is 1. The Morgan fingerprint density at radius 2 is 2.12 bits per heavy atom. The van der Waals surface area contributed by atoms with Gasteiger partial charge in [-0.15, -0.1) is 0 Å². The fourth-order valence-electron chi connectivity index (χ4n) is 2.59. The van der Waals surface area contributed by atoms with Gasteiger partial charge in [-0.2, -0.15) is 5.10 Å². The van der Waals surface area contributed by atoms with Crippen LogP contribution in [0.5, 0.6) is 0 Å². The van der Waals surface area contributed by atoms with Gasteiger partial charge in [-0.05, 0) is 19.4 Å². The van der Waals surface area contributed by atoms with Gasteiger partial charge in [0.1, 0.15) is 11.0 Å². The van der Waals surface area contributed by atoms with E-state index in [1.165, 1.54) is 12.3 Å². The van der Waals surface area contributed by atoms with Crippen molar-refractivity contribution >= 4 is 44.8 Å². The summed E-state index contributed by atoms with van der Waals surface area (Å²) in [6, 6.07) is 2.82. The van der Waals surface area contributed by atoms with E-state index in [9.17, 15) is 13.2 Å². The Kier molecular flexibility index (Phi) is 4.54. The van der Waals surface area contributed by atoms with Gasteiger partial charge in [0, 0.05) is 12.3 Å². The number of anilines is 1. The number of carbonyl (C=O) groups is 1. The molecule has 128 valence electrons. The second-order valence-corrected chi connectivity index (χ2v) is 8.62. The van der Waals surface area contributed by atoms with Crippen LogP contribution in [0.4, 0.5) is 5.82 Å². The molecule has 1 unspecified atom stereocenters. The third-order valence-electron chi connectivity index (χ3n) is 3.71. The molecule has 1 N–H and O–H groups in total. The SMILES string of the molecule is Cc1cc(NC(=O)c2cnc(Cl)c(Cl)c2)n(C2CCS(=O)(=O)C2)n1. The van der Waals surface area contributed by atoms with Crippen LogP contribution >= 0.6 is 23.2 Å². The molecule has 7 nitrogen and oxygen atoms in total. The Labute approximate surface area is 148 Å². The van der Waals surface area contributed by atoms with E-state index in [1.807, 2.05) is 0 Å². The molecule has 24 heavy (non-hydrogen) atoms. The fraction of sp³-hybridized carbons (Fsp3) is 0.357. The third-order valence-corrected chi connectivity index (χ3v) is 6.15. The maximum absolute atomic E-state index is 12.4. The maximum Gasteiger partial charge on any atom is 0.258 e. The molecule has 2 aromatic rings. The lowest BCUT2D eigenvalue weighted by Crippen LogP contribution is -2.19. The highest BCUT2D eigenvalue weighted by atomic mass is 35.5. The lowest BCUT2D eigenvalue weighted by Gasteiger charge is -2.13. The second-order valence-electron chi connectivity index (χ2n) is 5.62. The van der Waals surface area contributed by atoms with E-state index in [1.54, 1.807) is 17.7 Å². The van der Waals surface area contributed by atoms with Gasteiger partial charge in [0.2, 0.25) is 0 Å². The number of nitrogens with zero attached hydrogens (tertiary/aromatic N) is 3. The Morgan fingerprint density at radius 3 is 2.75 bits per heavy atom. The summed E-state index contributed by atoms with van der Waals surface area (Å²) in [5.41, 5.74) is 0.927. The molecule has 0 aliphatic carbocycles. The van der Waals surface area contributed by atoms with Crippen LogP contribution in [0.1, 0.15) is 28.5 Å². The van der Waals surface area contributed by atoms with E-state index in [0.717, 1.165) is 0 Å². The number of halogens is 2. The number of pyridine rings is 1. The first kappa shape index (κ1) is 17.2. The lowest BCUT2D eigenvalue weighted by atomic mass is 10.2. The van der Waals surface area contributed by atoms with Crippen LogP contribution in [0, 0.1) is 6.92 Å². The highest BCUT2D eigenvalue weighted by molar-refractivity contribution is 7.91. The molecule has 2 aromatic heterocycles. The quantitative estimate of drug-likeness (QED) is 0.815. The first-order valence-corrected chi connectivity index (χ1v) is 9.72. The van der Waals surface area contributed by atoms with E-state index >= 15 is 0 Å². The molecule has 1 saturated heterocycles. The molecular formula is C14H14Cl2N4O3S. The predicted molar refractivity (Wildman–Crippen MR) is 91.5 cm³/mol. The van der Waals surface area contributed by atoms with Crippen LogP contribution in [0.25, 0.3) is 0 Å². The highest BCUT2D eigenvalue weighted by Crippen LogP contribution is 2.27. The van der Waals surface area contributed by atoms with Gasteiger partial charge in [-0.25, -0.2) is 18.1 Å². The topological polar surface area (TPSA) is 94.0 Å². The standard InChI is InChI=1S/C14H14Cl2N4O3S/c1-8-4-12(20(19-8)10-2-3-24(22,23)7-10)18-14(21)9-5-11(15)13(16)17-6-9/h4-6,10H,2-3,7H2,1H3,(H,18,21). The van der Waals surface area contributed by atoms with Gasteiger partial charge in [0.15, 0.2) is 9.84 Å². The smallest absolute Gasteiger partial charge is 0.258 e. The minimum Gasteiger partial charge on any atom is -0.307 e. The summed E-state index contributed by atoms with van der Waals surface area (Å²) in [5.74, 6) is 0.153. The van der Waals surface area contributed by atoms with Crippen molar-refractivity contribution < 1.29 is 13.2 Å². The third kappa shape index (κ3) is 3.55. The monoisotopic (exact) mass is 388 g/mol. The summed E-state index contributed by atoms with van der Waals surface area (Å²) in [7, 11) is -3.06. The minimum atomic E-state index is -3.06. The summed E-state index contributed by atoms with van der Waals surface area (Å²) < 4.78 is 24.9. The average molecular weight is 389 g/mol. The summed E-state index contributed by atoms with van der Waals surface area (Å²) >= 11 is 11.6. The van der Waals surface area contributed by atoms with Crippen molar-refractivity contribution in [1.29, 1.82) is 0 Å². The van der Waals surface area contributed by atoms with Crippen molar-refractivity contribution in [3.63, 3.8) is 0 Å². The van der Waals surface area contributed by atoms with Crippen LogP contribution < -0.4 is 5.32 Å². The molecular weight excluding hydrogens is 375 g/mol. The van der Waals surface area contributed by atoms with E-state index in [4.69, 9.17) is 23.2 Å². The largest absolute Gasteiger partial charge is 0.307 e. The maximum atomic E-state index is 12.4. The molecule has 1 aliphatic heterocycles. The molecule has 0 aromatic carbocycles. The molecule has 3 rings (SSSR count). The van der Waals surface area contributed by atoms with Crippen molar-refractivity contribution in [3.05, 3.63) is 39.8 Å². The second kappa shape index (κ2) is 6.34. The fourth-order valence-corrected chi connectivity index (χ4v) is 4.55. The number of amides is 1. The van der Waals surface area contributed by atoms with E-state index < -0.39 is 15.7 Å². The van der Waals surface area contributed by atoms with Gasteiger partial charge < -0.3 is 5.32 Å². The molecule has 0 spiro atoms. The predicted octanol–water partition coefficient (Wildman–Crippen LogP) is 2.51. The van der Waals surface area contributed by atoms with E-state index in [2.05, 4.69) is 15.4 Å². The van der Waals surface area contributed by atoms with Crippen LogP contribution in [-0.4, -0.2) is 40.6 Å². The molecule has 0 bridgehead atoms. The molecule has 1 amide bonds. The molecule has 0 saturated carbocycles. The number of nitrogens with one attached hydrogen (secondary N) is 1. The van der Waals surface area contributed by atoms with Gasteiger partial charge >= 0.3 is 0 Å². The number of aromatic nitrogens is 3. The van der Waals surface area contributed by atoms with Gasteiger partial charge in [-0.1, -0.05) is 23.2 Å². The van der Waals surface area contributed by atoms with E-state index in [0.29, 0.717) is 17.9 Å². The number of hydrogen-bond acceptors (Lipinski definition) is 5. The summed E-state index contributed by atoms with van der Waals surface area (Å²) in [5, 5.41) is 7.33.